The Hall–Kier alpha value is -0.890. The van der Waals surface area contributed by atoms with Gasteiger partial charge in [-0.1, -0.05) is 12.1 Å². The second-order valence-corrected chi connectivity index (χ2v) is 3.42. The lowest BCUT2D eigenvalue weighted by atomic mass is 10.1. The molecular formula is C9H9NS. The summed E-state index contributed by atoms with van der Waals surface area (Å²) < 4.78 is 0. The van der Waals surface area contributed by atoms with Crippen molar-refractivity contribution in [3.8, 4) is 0 Å². The summed E-state index contributed by atoms with van der Waals surface area (Å²) in [6.07, 6.45) is 2.11. The van der Waals surface area contributed by atoms with Crippen LogP contribution >= 0.6 is 11.8 Å². The predicted molar refractivity (Wildman–Crippen MR) is 51.2 cm³/mol. The molecule has 1 aliphatic heterocycles. The van der Waals surface area contributed by atoms with Crippen LogP contribution in [0.25, 0.3) is 6.08 Å². The van der Waals surface area contributed by atoms with Crippen LogP contribution in [0.1, 0.15) is 11.1 Å². The van der Waals surface area contributed by atoms with Gasteiger partial charge in [0.25, 0.3) is 0 Å². The summed E-state index contributed by atoms with van der Waals surface area (Å²) in [6.45, 7) is 0. The topological polar surface area (TPSA) is 26.0 Å². The number of benzene rings is 1. The first-order valence-corrected chi connectivity index (χ1v) is 4.58. The predicted octanol–water partition coefficient (Wildman–Crippen LogP) is 2.49. The molecule has 0 bridgehead atoms. The van der Waals surface area contributed by atoms with E-state index in [0.717, 1.165) is 11.4 Å². The second kappa shape index (κ2) is 2.62. The molecule has 1 aromatic rings. The van der Waals surface area contributed by atoms with Gasteiger partial charge in [-0.15, -0.1) is 11.8 Å². The van der Waals surface area contributed by atoms with Crippen LogP contribution in [0.15, 0.2) is 23.6 Å². The van der Waals surface area contributed by atoms with E-state index in [1.165, 1.54) is 11.1 Å². The molecule has 11 heavy (non-hydrogen) atoms. The summed E-state index contributed by atoms with van der Waals surface area (Å²) in [5, 5.41) is 2.11. The van der Waals surface area contributed by atoms with Gasteiger partial charge in [-0.05, 0) is 28.7 Å². The third-order valence-corrected chi connectivity index (χ3v) is 2.60. The molecule has 0 unspecified atom stereocenters. The molecule has 0 atom stereocenters. The maximum absolute atomic E-state index is 5.79. The molecule has 2 N–H and O–H groups in total. The van der Waals surface area contributed by atoms with E-state index >= 15 is 0 Å². The van der Waals surface area contributed by atoms with Crippen LogP contribution in [0.2, 0.25) is 0 Å². The highest BCUT2D eigenvalue weighted by Crippen LogP contribution is 2.28. The first-order chi connectivity index (χ1) is 5.38. The minimum absolute atomic E-state index is 0.916. The van der Waals surface area contributed by atoms with Crippen molar-refractivity contribution in [2.45, 2.75) is 5.75 Å². The van der Waals surface area contributed by atoms with Gasteiger partial charge in [-0.25, -0.2) is 0 Å². The van der Waals surface area contributed by atoms with Gasteiger partial charge in [0.1, 0.15) is 0 Å². The molecule has 56 valence electrons. The lowest BCUT2D eigenvalue weighted by Crippen LogP contribution is -1.96. The van der Waals surface area contributed by atoms with Gasteiger partial charge in [0.2, 0.25) is 0 Å². The maximum Gasteiger partial charge on any atom is 0.0361 e. The fourth-order valence-corrected chi connectivity index (χ4v) is 2.04. The SMILES string of the molecule is Nc1cccc2c1CSC=C2. The minimum Gasteiger partial charge on any atom is -0.398 e. The summed E-state index contributed by atoms with van der Waals surface area (Å²) in [5.41, 5.74) is 9.26. The second-order valence-electron chi connectivity index (χ2n) is 2.53. The third-order valence-electron chi connectivity index (χ3n) is 1.82. The molecule has 2 heteroatoms. The van der Waals surface area contributed by atoms with Crippen molar-refractivity contribution in [1.29, 1.82) is 0 Å². The highest BCUT2D eigenvalue weighted by Gasteiger charge is 2.06. The van der Waals surface area contributed by atoms with Gasteiger partial charge in [-0.3, -0.25) is 0 Å². The number of hydrogen-bond acceptors (Lipinski definition) is 2. The molecule has 0 amide bonds. The van der Waals surface area contributed by atoms with E-state index in [9.17, 15) is 0 Å². The van der Waals surface area contributed by atoms with Crippen LogP contribution in [-0.4, -0.2) is 0 Å². The summed E-state index contributed by atoms with van der Waals surface area (Å²) in [6, 6.07) is 6.05. The van der Waals surface area contributed by atoms with Crippen molar-refractivity contribution in [3.05, 3.63) is 34.7 Å². The Labute approximate surface area is 70.3 Å². The third kappa shape index (κ3) is 1.14. The highest BCUT2D eigenvalue weighted by molar-refractivity contribution is 8.01. The van der Waals surface area contributed by atoms with E-state index in [1.54, 1.807) is 11.8 Å². The molecule has 0 radical (unpaired) electrons. The van der Waals surface area contributed by atoms with E-state index in [2.05, 4.69) is 17.6 Å². The van der Waals surface area contributed by atoms with E-state index in [1.807, 2.05) is 12.1 Å². The number of hydrogen-bond donors (Lipinski definition) is 1. The Morgan fingerprint density at radius 2 is 2.27 bits per heavy atom. The van der Waals surface area contributed by atoms with Crippen LogP contribution in [0, 0.1) is 0 Å². The minimum atomic E-state index is 0.916. The van der Waals surface area contributed by atoms with Crippen LogP contribution in [0.3, 0.4) is 0 Å². The quantitative estimate of drug-likeness (QED) is 0.595. The fraction of sp³-hybridized carbons (Fsp3) is 0.111. The Morgan fingerprint density at radius 1 is 1.36 bits per heavy atom. The highest BCUT2D eigenvalue weighted by atomic mass is 32.2. The molecule has 1 aromatic carbocycles. The molecule has 0 fully saturated rings. The van der Waals surface area contributed by atoms with Crippen molar-refractivity contribution in [3.63, 3.8) is 0 Å². The van der Waals surface area contributed by atoms with Gasteiger partial charge >= 0.3 is 0 Å². The van der Waals surface area contributed by atoms with E-state index in [4.69, 9.17) is 5.73 Å². The van der Waals surface area contributed by atoms with Crippen LogP contribution in [0.4, 0.5) is 5.69 Å². The standard InChI is InChI=1S/C9H9NS/c10-9-3-1-2-7-4-5-11-6-8(7)9/h1-5H,6,10H2. The summed E-state index contributed by atoms with van der Waals surface area (Å²) in [4.78, 5) is 0. The zero-order valence-corrected chi connectivity index (χ0v) is 6.90. The number of nitrogen functional groups attached to an aromatic ring is 1. The van der Waals surface area contributed by atoms with E-state index in [0.29, 0.717) is 0 Å². The first kappa shape index (κ1) is 6.80. The molecule has 0 aromatic heterocycles. The molecule has 0 aliphatic carbocycles. The van der Waals surface area contributed by atoms with Gasteiger partial charge in [0, 0.05) is 11.4 Å². The van der Waals surface area contributed by atoms with E-state index in [-0.39, 0.29) is 0 Å². The molecule has 0 saturated heterocycles. The van der Waals surface area contributed by atoms with Crippen LogP contribution < -0.4 is 5.73 Å². The molecule has 2 rings (SSSR count). The fourth-order valence-electron chi connectivity index (χ4n) is 1.20. The number of rotatable bonds is 0. The summed E-state index contributed by atoms with van der Waals surface area (Å²) >= 11 is 1.79. The first-order valence-electron chi connectivity index (χ1n) is 3.53. The number of anilines is 1. The Kier molecular flexibility index (Phi) is 1.62. The molecule has 0 saturated carbocycles. The Balaban J connectivity index is 2.60. The Bertz CT molecular complexity index is 304. The van der Waals surface area contributed by atoms with Gasteiger partial charge in [0.15, 0.2) is 0 Å². The van der Waals surface area contributed by atoms with Crippen LogP contribution in [-0.2, 0) is 5.75 Å². The average molecular weight is 163 g/mol. The zero-order chi connectivity index (χ0) is 7.68. The number of thioether (sulfide) groups is 1. The van der Waals surface area contributed by atoms with Gasteiger partial charge in [0.05, 0.1) is 0 Å². The van der Waals surface area contributed by atoms with Crippen molar-refractivity contribution in [1.82, 2.24) is 0 Å². The summed E-state index contributed by atoms with van der Waals surface area (Å²) in [7, 11) is 0. The van der Waals surface area contributed by atoms with Gasteiger partial charge < -0.3 is 5.73 Å². The van der Waals surface area contributed by atoms with Crippen LogP contribution in [0.5, 0.6) is 0 Å². The zero-order valence-electron chi connectivity index (χ0n) is 6.08. The lowest BCUT2D eigenvalue weighted by molar-refractivity contribution is 1.39. The molecule has 1 aliphatic rings. The number of nitrogens with two attached hydrogens (primary N) is 1. The average Bonchev–Trinajstić information content (AvgIpc) is 2.06. The van der Waals surface area contributed by atoms with E-state index < -0.39 is 0 Å². The molecule has 1 nitrogen and oxygen atoms in total. The van der Waals surface area contributed by atoms with Gasteiger partial charge in [-0.2, -0.15) is 0 Å². The smallest absolute Gasteiger partial charge is 0.0361 e. The number of fused-ring (bicyclic) bond motifs is 1. The maximum atomic E-state index is 5.79. The molecule has 1 heterocycles. The molecular weight excluding hydrogens is 154 g/mol. The van der Waals surface area contributed by atoms with Crippen molar-refractivity contribution < 1.29 is 0 Å². The monoisotopic (exact) mass is 163 g/mol. The summed E-state index contributed by atoms with van der Waals surface area (Å²) in [5.74, 6) is 1.01. The van der Waals surface area contributed by atoms with Crippen molar-refractivity contribution in [2.75, 3.05) is 5.73 Å². The van der Waals surface area contributed by atoms with Crippen molar-refractivity contribution >= 4 is 23.5 Å². The molecule has 0 spiro atoms. The van der Waals surface area contributed by atoms with Crippen molar-refractivity contribution in [2.24, 2.45) is 0 Å². The normalized spacial score (nSPS) is 14.5. The largest absolute Gasteiger partial charge is 0.398 e. The lowest BCUT2D eigenvalue weighted by Gasteiger charge is -2.11. The Morgan fingerprint density at radius 3 is 3.09 bits per heavy atom.